The van der Waals surface area contributed by atoms with Crippen molar-refractivity contribution in [2.75, 3.05) is 16.8 Å². The number of nitrogens with one attached hydrogen (secondary N) is 1. The highest BCUT2D eigenvalue weighted by Crippen LogP contribution is 2.31. The molecule has 5 nitrogen and oxygen atoms in total. The van der Waals surface area contributed by atoms with Gasteiger partial charge in [-0.15, -0.1) is 11.3 Å². The van der Waals surface area contributed by atoms with Crippen LogP contribution in [0, 0.1) is 11.7 Å². The van der Waals surface area contributed by atoms with E-state index < -0.39 is 5.92 Å². The quantitative estimate of drug-likeness (QED) is 0.424. The van der Waals surface area contributed by atoms with Gasteiger partial charge in [-0.2, -0.15) is 0 Å². The second kappa shape index (κ2) is 8.96. The first-order valence-electron chi connectivity index (χ1n) is 10.5. The fraction of sp³-hybridized carbons (Fsp3) is 0.115. The molecule has 1 saturated heterocycles. The van der Waals surface area contributed by atoms with E-state index >= 15 is 0 Å². The maximum atomic E-state index is 13.2. The zero-order valence-electron chi connectivity index (χ0n) is 17.6. The lowest BCUT2D eigenvalue weighted by Crippen LogP contribution is -2.28. The normalized spacial score (nSPS) is 15.6. The molecular formula is C26H20FN3O2S. The second-order valence-corrected chi connectivity index (χ2v) is 8.71. The number of halogens is 1. The van der Waals surface area contributed by atoms with Crippen molar-refractivity contribution in [2.24, 2.45) is 5.92 Å². The van der Waals surface area contributed by atoms with Crippen LogP contribution in [-0.4, -0.2) is 23.3 Å². The molecule has 0 radical (unpaired) electrons. The van der Waals surface area contributed by atoms with Gasteiger partial charge in [0.1, 0.15) is 10.8 Å². The van der Waals surface area contributed by atoms with E-state index in [1.807, 2.05) is 60.0 Å². The summed E-state index contributed by atoms with van der Waals surface area (Å²) >= 11 is 1.57. The molecule has 7 heteroatoms. The van der Waals surface area contributed by atoms with Gasteiger partial charge in [0.05, 0.1) is 11.6 Å². The van der Waals surface area contributed by atoms with Gasteiger partial charge in [-0.25, -0.2) is 9.37 Å². The molecule has 1 fully saturated rings. The van der Waals surface area contributed by atoms with E-state index in [1.165, 1.54) is 17.0 Å². The third-order valence-electron chi connectivity index (χ3n) is 5.58. The Bertz CT molecular complexity index is 1300. The molecule has 1 N–H and O–H groups in total. The standard InChI is InChI=1S/C26H20FN3O2S/c27-20-9-11-22(12-10-20)30-15-19(14-24(30)31)25(32)28-21-8-4-7-18(13-21)23-16-33-26(29-23)17-5-2-1-3-6-17/h1-13,16,19H,14-15H2,(H,28,32). The summed E-state index contributed by atoms with van der Waals surface area (Å²) in [5.74, 6) is -1.20. The lowest BCUT2D eigenvalue weighted by atomic mass is 10.1. The molecular weight excluding hydrogens is 437 g/mol. The number of hydrogen-bond donors (Lipinski definition) is 1. The van der Waals surface area contributed by atoms with E-state index in [1.54, 1.807) is 23.5 Å². The van der Waals surface area contributed by atoms with Crippen molar-refractivity contribution < 1.29 is 14.0 Å². The first kappa shape index (κ1) is 21.0. The van der Waals surface area contributed by atoms with Gasteiger partial charge >= 0.3 is 0 Å². The van der Waals surface area contributed by atoms with Crippen molar-refractivity contribution in [2.45, 2.75) is 6.42 Å². The molecule has 5 rings (SSSR count). The van der Waals surface area contributed by atoms with E-state index in [4.69, 9.17) is 4.98 Å². The topological polar surface area (TPSA) is 62.3 Å². The van der Waals surface area contributed by atoms with Crippen molar-refractivity contribution in [3.63, 3.8) is 0 Å². The predicted octanol–water partition coefficient (Wildman–Crippen LogP) is 5.61. The SMILES string of the molecule is O=C(Nc1cccc(-c2csc(-c3ccccc3)n2)c1)C1CC(=O)N(c2ccc(F)cc2)C1. The Morgan fingerprint density at radius 1 is 1.00 bits per heavy atom. The van der Waals surface area contributed by atoms with Gasteiger partial charge in [-0.05, 0) is 36.4 Å². The van der Waals surface area contributed by atoms with E-state index in [9.17, 15) is 14.0 Å². The molecule has 1 atom stereocenters. The molecule has 2 amide bonds. The Hall–Kier alpha value is -3.84. The minimum atomic E-state index is -0.477. The Kier molecular flexibility index (Phi) is 5.71. The summed E-state index contributed by atoms with van der Waals surface area (Å²) in [4.78, 5) is 31.6. The molecule has 0 spiro atoms. The van der Waals surface area contributed by atoms with Crippen LogP contribution in [0.1, 0.15) is 6.42 Å². The highest BCUT2D eigenvalue weighted by molar-refractivity contribution is 7.13. The van der Waals surface area contributed by atoms with Crippen LogP contribution in [0.15, 0.2) is 84.2 Å². The predicted molar refractivity (Wildman–Crippen MR) is 128 cm³/mol. The lowest BCUT2D eigenvalue weighted by Gasteiger charge is -2.16. The molecule has 2 heterocycles. The van der Waals surface area contributed by atoms with E-state index in [0.717, 1.165) is 21.8 Å². The van der Waals surface area contributed by atoms with Gasteiger partial charge < -0.3 is 10.2 Å². The number of aromatic nitrogens is 1. The van der Waals surface area contributed by atoms with Gasteiger partial charge in [-0.3, -0.25) is 9.59 Å². The number of hydrogen-bond acceptors (Lipinski definition) is 4. The van der Waals surface area contributed by atoms with Crippen molar-refractivity contribution in [3.8, 4) is 21.8 Å². The van der Waals surface area contributed by atoms with Crippen LogP contribution >= 0.6 is 11.3 Å². The molecule has 1 unspecified atom stereocenters. The number of rotatable bonds is 5. The Morgan fingerprint density at radius 3 is 2.55 bits per heavy atom. The fourth-order valence-electron chi connectivity index (χ4n) is 3.87. The van der Waals surface area contributed by atoms with Crippen molar-refractivity contribution in [3.05, 3.63) is 90.1 Å². The number of nitrogens with zero attached hydrogens (tertiary/aromatic N) is 2. The number of benzene rings is 3. The molecule has 1 aliphatic heterocycles. The molecule has 164 valence electrons. The zero-order valence-corrected chi connectivity index (χ0v) is 18.4. The molecule has 1 aromatic heterocycles. The number of carbonyl (C=O) groups is 2. The number of thiazole rings is 1. The monoisotopic (exact) mass is 457 g/mol. The van der Waals surface area contributed by atoms with Crippen LogP contribution in [0.25, 0.3) is 21.8 Å². The molecule has 0 bridgehead atoms. The van der Waals surface area contributed by atoms with Crippen molar-refractivity contribution >= 4 is 34.5 Å². The summed E-state index contributed by atoms with van der Waals surface area (Å²) in [6.45, 7) is 0.266. The summed E-state index contributed by atoms with van der Waals surface area (Å²) in [6.07, 6.45) is 0.120. The maximum Gasteiger partial charge on any atom is 0.229 e. The highest BCUT2D eigenvalue weighted by Gasteiger charge is 2.35. The smallest absolute Gasteiger partial charge is 0.229 e. The first-order valence-corrected chi connectivity index (χ1v) is 11.4. The summed E-state index contributed by atoms with van der Waals surface area (Å²) < 4.78 is 13.2. The summed E-state index contributed by atoms with van der Waals surface area (Å²) in [5, 5.41) is 5.87. The van der Waals surface area contributed by atoms with Gasteiger partial charge in [0.25, 0.3) is 0 Å². The Morgan fingerprint density at radius 2 is 1.76 bits per heavy atom. The van der Waals surface area contributed by atoms with Crippen LogP contribution in [0.3, 0.4) is 0 Å². The highest BCUT2D eigenvalue weighted by atomic mass is 32.1. The summed E-state index contributed by atoms with van der Waals surface area (Å²) in [7, 11) is 0. The van der Waals surface area contributed by atoms with Crippen molar-refractivity contribution in [1.82, 2.24) is 4.98 Å². The average molecular weight is 458 g/mol. The van der Waals surface area contributed by atoms with Crippen LogP contribution in [0.2, 0.25) is 0 Å². The zero-order chi connectivity index (χ0) is 22.8. The minimum absolute atomic E-state index is 0.120. The molecule has 4 aromatic rings. The largest absolute Gasteiger partial charge is 0.326 e. The Balaban J connectivity index is 1.28. The van der Waals surface area contributed by atoms with Gasteiger partial charge in [0.2, 0.25) is 11.8 Å². The summed E-state index contributed by atoms with van der Waals surface area (Å²) in [6, 6.07) is 23.2. The summed E-state index contributed by atoms with van der Waals surface area (Å²) in [5.41, 5.74) is 4.06. The molecule has 33 heavy (non-hydrogen) atoms. The lowest BCUT2D eigenvalue weighted by molar-refractivity contribution is -0.122. The first-order chi connectivity index (χ1) is 16.1. The van der Waals surface area contributed by atoms with E-state index in [0.29, 0.717) is 11.4 Å². The molecule has 1 aliphatic rings. The number of amides is 2. The van der Waals surface area contributed by atoms with E-state index in [2.05, 4.69) is 5.32 Å². The van der Waals surface area contributed by atoms with Crippen LogP contribution in [0.4, 0.5) is 15.8 Å². The fourth-order valence-corrected chi connectivity index (χ4v) is 4.71. The molecule has 3 aromatic carbocycles. The molecule has 0 saturated carbocycles. The van der Waals surface area contributed by atoms with Crippen LogP contribution < -0.4 is 10.2 Å². The molecule has 0 aliphatic carbocycles. The van der Waals surface area contributed by atoms with Crippen LogP contribution in [-0.2, 0) is 9.59 Å². The van der Waals surface area contributed by atoms with E-state index in [-0.39, 0.29) is 30.6 Å². The van der Waals surface area contributed by atoms with Gasteiger partial charge in [0.15, 0.2) is 0 Å². The maximum absolute atomic E-state index is 13.2. The average Bonchev–Trinajstić information content (AvgIpc) is 3.48. The minimum Gasteiger partial charge on any atom is -0.326 e. The second-order valence-electron chi connectivity index (χ2n) is 7.86. The third kappa shape index (κ3) is 4.54. The number of anilines is 2. The van der Waals surface area contributed by atoms with Gasteiger partial charge in [0, 0.05) is 40.8 Å². The van der Waals surface area contributed by atoms with Crippen molar-refractivity contribution in [1.29, 1.82) is 0 Å². The Labute approximate surface area is 194 Å². The van der Waals surface area contributed by atoms with Crippen LogP contribution in [0.5, 0.6) is 0 Å². The van der Waals surface area contributed by atoms with Gasteiger partial charge in [-0.1, -0.05) is 42.5 Å². The number of carbonyl (C=O) groups excluding carboxylic acids is 2. The third-order valence-corrected chi connectivity index (χ3v) is 6.48.